The molecule has 0 unspecified atom stereocenters. The van der Waals surface area contributed by atoms with Crippen molar-refractivity contribution in [1.82, 2.24) is 19.8 Å². The number of hydrogen-bond donors (Lipinski definition) is 0. The maximum atomic E-state index is 6.03. The normalized spacial score (nSPS) is 15.5. The average molecular weight is 396 g/mol. The van der Waals surface area contributed by atoms with Gasteiger partial charge in [-0.1, -0.05) is 23.5 Å². The Morgan fingerprint density at radius 3 is 2.68 bits per heavy atom. The van der Waals surface area contributed by atoms with Crippen LogP contribution >= 0.6 is 11.3 Å². The molecular weight excluding hydrogens is 380 g/mol. The minimum atomic E-state index is -0.281. The molecule has 0 bridgehead atoms. The van der Waals surface area contributed by atoms with Crippen molar-refractivity contribution in [1.29, 1.82) is 0 Å². The summed E-state index contributed by atoms with van der Waals surface area (Å²) >= 11 is 1.43. The van der Waals surface area contributed by atoms with Gasteiger partial charge >= 0.3 is 0 Å². The molecular formula is C19H16N4O4S. The van der Waals surface area contributed by atoms with Crippen molar-refractivity contribution in [2.45, 2.75) is 12.7 Å². The summed E-state index contributed by atoms with van der Waals surface area (Å²) in [6.45, 7) is 0.653. The topological polar surface area (TPSA) is 80.0 Å². The molecule has 0 radical (unpaired) electrons. The molecule has 0 fully saturated rings. The average Bonchev–Trinajstić information content (AvgIpc) is 3.33. The van der Waals surface area contributed by atoms with E-state index < -0.39 is 0 Å². The summed E-state index contributed by atoms with van der Waals surface area (Å²) in [5, 5.41) is 13.8. The van der Waals surface area contributed by atoms with E-state index in [2.05, 4.69) is 15.3 Å². The van der Waals surface area contributed by atoms with Crippen molar-refractivity contribution in [3.8, 4) is 23.0 Å². The van der Waals surface area contributed by atoms with Crippen molar-refractivity contribution in [2.24, 2.45) is 0 Å². The zero-order valence-corrected chi connectivity index (χ0v) is 15.8. The van der Waals surface area contributed by atoms with Crippen LogP contribution in [0.3, 0.4) is 0 Å². The molecule has 0 saturated carbocycles. The molecule has 8 nitrogen and oxygen atoms in total. The van der Waals surface area contributed by atoms with E-state index in [9.17, 15) is 0 Å². The highest BCUT2D eigenvalue weighted by Crippen LogP contribution is 2.36. The van der Waals surface area contributed by atoms with E-state index >= 15 is 0 Å². The van der Waals surface area contributed by atoms with Gasteiger partial charge in [0, 0.05) is 0 Å². The Hall–Kier alpha value is -3.33. The third-order valence-electron chi connectivity index (χ3n) is 4.28. The van der Waals surface area contributed by atoms with E-state index in [0.29, 0.717) is 28.9 Å². The minimum Gasteiger partial charge on any atom is -0.497 e. The van der Waals surface area contributed by atoms with Gasteiger partial charge in [-0.25, -0.2) is 0 Å². The Balaban J connectivity index is 1.33. The van der Waals surface area contributed by atoms with E-state index in [1.807, 2.05) is 48.5 Å². The highest BCUT2D eigenvalue weighted by atomic mass is 32.1. The SMILES string of the molecule is COc1ccc(OCc2nnc3sc([C@@H]4COc5ccccc5O4)nn23)cc1. The van der Waals surface area contributed by atoms with Crippen LogP contribution in [0.2, 0.25) is 0 Å². The number of para-hydroxylation sites is 2. The summed E-state index contributed by atoms with van der Waals surface area (Å²) in [5.74, 6) is 3.57. The molecule has 0 aliphatic carbocycles. The fourth-order valence-electron chi connectivity index (χ4n) is 2.85. The molecule has 0 spiro atoms. The first kappa shape index (κ1) is 16.8. The zero-order valence-electron chi connectivity index (χ0n) is 14.9. The quantitative estimate of drug-likeness (QED) is 0.512. The molecule has 28 heavy (non-hydrogen) atoms. The molecule has 1 atom stereocenters. The summed E-state index contributed by atoms with van der Waals surface area (Å²) in [5.41, 5.74) is 0. The third kappa shape index (κ3) is 3.09. The van der Waals surface area contributed by atoms with Crippen molar-refractivity contribution in [3.63, 3.8) is 0 Å². The molecule has 0 N–H and O–H groups in total. The van der Waals surface area contributed by atoms with Gasteiger partial charge in [0.2, 0.25) is 4.96 Å². The first-order chi connectivity index (χ1) is 13.8. The van der Waals surface area contributed by atoms with Crippen LogP contribution in [0.25, 0.3) is 4.96 Å². The van der Waals surface area contributed by atoms with Gasteiger partial charge in [-0.2, -0.15) is 9.61 Å². The van der Waals surface area contributed by atoms with Crippen LogP contribution in [-0.4, -0.2) is 33.5 Å². The van der Waals surface area contributed by atoms with E-state index in [4.69, 9.17) is 18.9 Å². The summed E-state index contributed by atoms with van der Waals surface area (Å²) < 4.78 is 24.4. The van der Waals surface area contributed by atoms with Crippen LogP contribution in [0, 0.1) is 0 Å². The van der Waals surface area contributed by atoms with Gasteiger partial charge in [0.15, 0.2) is 28.4 Å². The molecule has 9 heteroatoms. The standard InChI is InChI=1S/C19H16N4O4S/c1-24-12-6-8-13(9-7-12)25-11-17-20-21-19-23(17)22-18(28-19)16-10-26-14-4-2-3-5-15(14)27-16/h2-9,16H,10-11H2,1H3/t16-/m0/s1. The summed E-state index contributed by atoms with van der Waals surface area (Å²) in [6.07, 6.45) is -0.281. The van der Waals surface area contributed by atoms with Crippen LogP contribution < -0.4 is 18.9 Å². The smallest absolute Gasteiger partial charge is 0.234 e. The van der Waals surface area contributed by atoms with E-state index in [-0.39, 0.29) is 12.7 Å². The van der Waals surface area contributed by atoms with Crippen molar-refractivity contribution in [3.05, 3.63) is 59.4 Å². The number of aromatic nitrogens is 4. The fourth-order valence-corrected chi connectivity index (χ4v) is 3.72. The molecule has 1 aliphatic rings. The van der Waals surface area contributed by atoms with E-state index in [0.717, 1.165) is 16.5 Å². The van der Waals surface area contributed by atoms with Crippen LogP contribution in [0.1, 0.15) is 16.9 Å². The van der Waals surface area contributed by atoms with Gasteiger partial charge in [0.1, 0.15) is 24.7 Å². The lowest BCUT2D eigenvalue weighted by atomic mass is 10.3. The largest absolute Gasteiger partial charge is 0.497 e. The Morgan fingerprint density at radius 2 is 1.86 bits per heavy atom. The predicted octanol–water partition coefficient (Wildman–Crippen LogP) is 3.29. The van der Waals surface area contributed by atoms with E-state index in [1.54, 1.807) is 11.6 Å². The maximum absolute atomic E-state index is 6.03. The number of fused-ring (bicyclic) bond motifs is 2. The number of ether oxygens (including phenoxy) is 4. The molecule has 0 amide bonds. The van der Waals surface area contributed by atoms with Crippen LogP contribution in [0.5, 0.6) is 23.0 Å². The van der Waals surface area contributed by atoms with Crippen LogP contribution in [0.4, 0.5) is 0 Å². The van der Waals surface area contributed by atoms with Gasteiger partial charge in [0.05, 0.1) is 7.11 Å². The second-order valence-electron chi connectivity index (χ2n) is 6.08. The number of methoxy groups -OCH3 is 1. The van der Waals surface area contributed by atoms with Gasteiger partial charge in [-0.3, -0.25) is 0 Å². The first-order valence-electron chi connectivity index (χ1n) is 8.66. The molecule has 2 aromatic heterocycles. The first-order valence-corrected chi connectivity index (χ1v) is 9.48. The van der Waals surface area contributed by atoms with Gasteiger partial charge in [-0.05, 0) is 36.4 Å². The van der Waals surface area contributed by atoms with Crippen molar-refractivity contribution in [2.75, 3.05) is 13.7 Å². The molecule has 3 heterocycles. The highest BCUT2D eigenvalue weighted by Gasteiger charge is 2.26. The number of nitrogens with zero attached hydrogens (tertiary/aromatic N) is 4. The Labute approximate surface area is 164 Å². The number of benzene rings is 2. The van der Waals surface area contributed by atoms with Gasteiger partial charge in [-0.15, -0.1) is 10.2 Å². The van der Waals surface area contributed by atoms with Crippen molar-refractivity contribution >= 4 is 16.3 Å². The molecule has 0 saturated heterocycles. The van der Waals surface area contributed by atoms with Crippen LogP contribution in [0.15, 0.2) is 48.5 Å². The monoisotopic (exact) mass is 396 g/mol. The van der Waals surface area contributed by atoms with E-state index in [1.165, 1.54) is 11.3 Å². The lowest BCUT2D eigenvalue weighted by Gasteiger charge is -2.24. The Morgan fingerprint density at radius 1 is 1.07 bits per heavy atom. The molecule has 4 aromatic rings. The lowest BCUT2D eigenvalue weighted by molar-refractivity contribution is 0.0903. The second kappa shape index (κ2) is 7.01. The summed E-state index contributed by atoms with van der Waals surface area (Å²) in [7, 11) is 1.63. The number of rotatable bonds is 5. The molecule has 1 aliphatic heterocycles. The second-order valence-corrected chi connectivity index (χ2v) is 7.07. The molecule has 2 aromatic carbocycles. The fraction of sp³-hybridized carbons (Fsp3) is 0.211. The Kier molecular flexibility index (Phi) is 4.21. The highest BCUT2D eigenvalue weighted by molar-refractivity contribution is 7.16. The van der Waals surface area contributed by atoms with Gasteiger partial charge in [0.25, 0.3) is 0 Å². The molecule has 142 valence electrons. The minimum absolute atomic E-state index is 0.252. The summed E-state index contributed by atoms with van der Waals surface area (Å²) in [4.78, 5) is 0.686. The van der Waals surface area contributed by atoms with Gasteiger partial charge < -0.3 is 18.9 Å². The maximum Gasteiger partial charge on any atom is 0.234 e. The van der Waals surface area contributed by atoms with Crippen molar-refractivity contribution < 1.29 is 18.9 Å². The molecule has 5 rings (SSSR count). The summed E-state index contributed by atoms with van der Waals surface area (Å²) in [6, 6.07) is 15.0. The third-order valence-corrected chi connectivity index (χ3v) is 5.27. The lowest BCUT2D eigenvalue weighted by Crippen LogP contribution is -2.21. The predicted molar refractivity (Wildman–Crippen MR) is 101 cm³/mol. The number of hydrogen-bond acceptors (Lipinski definition) is 8. The Bertz CT molecular complexity index is 1110. The zero-order chi connectivity index (χ0) is 18.9. The van der Waals surface area contributed by atoms with Crippen LogP contribution in [-0.2, 0) is 6.61 Å².